The summed E-state index contributed by atoms with van der Waals surface area (Å²) in [7, 11) is -3.12. The molecule has 0 saturated heterocycles. The van der Waals surface area contributed by atoms with Gasteiger partial charge in [-0.3, -0.25) is 4.57 Å². The van der Waals surface area contributed by atoms with E-state index in [0.717, 1.165) is 35.9 Å². The number of para-hydroxylation sites is 1. The van der Waals surface area contributed by atoms with Crippen LogP contribution < -0.4 is 4.74 Å². The minimum Gasteiger partial charge on any atom is -0.491 e. The zero-order valence-electron chi connectivity index (χ0n) is 14.6. The van der Waals surface area contributed by atoms with Crippen molar-refractivity contribution in [2.45, 2.75) is 25.4 Å². The van der Waals surface area contributed by atoms with Gasteiger partial charge < -0.3 is 14.4 Å². The predicted octanol–water partition coefficient (Wildman–Crippen LogP) is 4.80. The molecule has 1 N–H and O–H groups in total. The van der Waals surface area contributed by atoms with Gasteiger partial charge in [0.05, 0.1) is 12.3 Å². The minimum absolute atomic E-state index is 0.0799. The van der Waals surface area contributed by atoms with Crippen molar-refractivity contribution in [1.29, 1.82) is 0 Å². The second kappa shape index (κ2) is 7.30. The van der Waals surface area contributed by atoms with E-state index in [4.69, 9.17) is 9.26 Å². The molecule has 3 atom stereocenters. The van der Waals surface area contributed by atoms with Crippen LogP contribution in [-0.4, -0.2) is 24.0 Å². The van der Waals surface area contributed by atoms with Gasteiger partial charge in [-0.15, -0.1) is 0 Å². The molecule has 4 nitrogen and oxygen atoms in total. The van der Waals surface area contributed by atoms with Crippen LogP contribution in [0.5, 0.6) is 5.75 Å². The highest BCUT2D eigenvalue weighted by atomic mass is 31.2. The topological polar surface area (TPSA) is 55.8 Å². The Bertz CT molecular complexity index is 835. The van der Waals surface area contributed by atoms with E-state index >= 15 is 0 Å². The van der Waals surface area contributed by atoms with E-state index in [2.05, 4.69) is 18.2 Å². The first kappa shape index (κ1) is 17.4. The van der Waals surface area contributed by atoms with Gasteiger partial charge in [-0.05, 0) is 30.5 Å². The van der Waals surface area contributed by atoms with Gasteiger partial charge in [-0.2, -0.15) is 0 Å². The lowest BCUT2D eigenvalue weighted by Crippen LogP contribution is -2.27. The molecule has 3 unspecified atom stereocenters. The van der Waals surface area contributed by atoms with Gasteiger partial charge in [0.15, 0.2) is 0 Å². The highest BCUT2D eigenvalue weighted by molar-refractivity contribution is 7.63. The van der Waals surface area contributed by atoms with E-state index in [1.807, 2.05) is 42.5 Å². The van der Waals surface area contributed by atoms with Gasteiger partial charge in [0.1, 0.15) is 18.1 Å². The van der Waals surface area contributed by atoms with Crippen molar-refractivity contribution in [3.63, 3.8) is 0 Å². The maximum Gasteiger partial charge on any atom is 0.276 e. The number of fused-ring (bicyclic) bond motifs is 2. The SMILES string of the molecule is O=P1(CC(O)COc2ccccc2)OC2=C(C=CCC2)C2CC=CC=C21. The Morgan fingerprint density at radius 3 is 2.96 bits per heavy atom. The highest BCUT2D eigenvalue weighted by Crippen LogP contribution is 2.66. The number of hydrogen-bond acceptors (Lipinski definition) is 4. The number of rotatable bonds is 5. The molecule has 1 aromatic rings. The lowest BCUT2D eigenvalue weighted by atomic mass is 9.87. The Labute approximate surface area is 154 Å². The molecule has 0 fully saturated rings. The quantitative estimate of drug-likeness (QED) is 0.757. The van der Waals surface area contributed by atoms with E-state index < -0.39 is 13.5 Å². The van der Waals surface area contributed by atoms with E-state index in [9.17, 15) is 9.67 Å². The molecule has 0 aromatic heterocycles. The smallest absolute Gasteiger partial charge is 0.276 e. The van der Waals surface area contributed by atoms with Gasteiger partial charge in [-0.25, -0.2) is 0 Å². The Morgan fingerprint density at radius 2 is 2.12 bits per heavy atom. The zero-order chi connectivity index (χ0) is 18.0. The van der Waals surface area contributed by atoms with Crippen molar-refractivity contribution in [2.75, 3.05) is 12.8 Å². The summed E-state index contributed by atoms with van der Waals surface area (Å²) in [5, 5.41) is 11.3. The first-order valence-corrected chi connectivity index (χ1v) is 10.9. The summed E-state index contributed by atoms with van der Waals surface area (Å²) in [5.41, 5.74) is 1.15. The third kappa shape index (κ3) is 3.44. The molecule has 1 aromatic carbocycles. The summed E-state index contributed by atoms with van der Waals surface area (Å²) in [4.78, 5) is 0. The summed E-state index contributed by atoms with van der Waals surface area (Å²) >= 11 is 0. The summed E-state index contributed by atoms with van der Waals surface area (Å²) in [5.74, 6) is 1.63. The molecule has 3 aliphatic rings. The van der Waals surface area contributed by atoms with Crippen LogP contribution in [0.15, 0.2) is 77.4 Å². The maximum absolute atomic E-state index is 13.7. The normalized spacial score (nSPS) is 27.9. The number of allylic oxidation sites excluding steroid dienone is 8. The lowest BCUT2D eigenvalue weighted by Gasteiger charge is -2.38. The molecule has 0 bridgehead atoms. The molecule has 5 heteroatoms. The van der Waals surface area contributed by atoms with Crippen LogP contribution in [0.25, 0.3) is 0 Å². The summed E-state index contributed by atoms with van der Waals surface area (Å²) in [6, 6.07) is 9.33. The average molecular weight is 370 g/mol. The van der Waals surface area contributed by atoms with Crippen molar-refractivity contribution in [1.82, 2.24) is 0 Å². The largest absolute Gasteiger partial charge is 0.491 e. The van der Waals surface area contributed by atoms with Crippen LogP contribution in [-0.2, 0) is 9.09 Å². The van der Waals surface area contributed by atoms with Crippen molar-refractivity contribution in [2.24, 2.45) is 5.92 Å². The number of aliphatic hydroxyl groups excluding tert-OH is 1. The fourth-order valence-corrected chi connectivity index (χ4v) is 6.38. The third-order valence-electron chi connectivity index (χ3n) is 4.95. The molecule has 1 heterocycles. The van der Waals surface area contributed by atoms with Gasteiger partial charge in [0.25, 0.3) is 7.37 Å². The minimum atomic E-state index is -3.12. The molecule has 0 amide bonds. The van der Waals surface area contributed by atoms with Crippen molar-refractivity contribution < 1.29 is 18.9 Å². The molecular weight excluding hydrogens is 347 g/mol. The second-order valence-electron chi connectivity index (χ2n) is 6.85. The predicted molar refractivity (Wildman–Crippen MR) is 102 cm³/mol. The molecule has 4 rings (SSSR count). The summed E-state index contributed by atoms with van der Waals surface area (Å²) in [6.07, 6.45) is 11.9. The fourth-order valence-electron chi connectivity index (χ4n) is 3.74. The molecular formula is C21H23O4P. The van der Waals surface area contributed by atoms with Gasteiger partial charge in [0.2, 0.25) is 0 Å². The molecule has 0 saturated carbocycles. The van der Waals surface area contributed by atoms with Crippen molar-refractivity contribution in [3.8, 4) is 5.75 Å². The number of aliphatic hydroxyl groups is 1. The number of benzene rings is 1. The molecule has 26 heavy (non-hydrogen) atoms. The van der Waals surface area contributed by atoms with Gasteiger partial charge in [0, 0.05) is 17.7 Å². The monoisotopic (exact) mass is 370 g/mol. The molecule has 136 valence electrons. The highest BCUT2D eigenvalue weighted by Gasteiger charge is 2.43. The van der Waals surface area contributed by atoms with Crippen molar-refractivity contribution in [3.05, 3.63) is 77.4 Å². The van der Waals surface area contributed by atoms with E-state index in [1.165, 1.54) is 0 Å². The Morgan fingerprint density at radius 1 is 1.27 bits per heavy atom. The van der Waals surface area contributed by atoms with Crippen LogP contribution in [0.3, 0.4) is 0 Å². The first-order chi connectivity index (χ1) is 12.7. The second-order valence-corrected chi connectivity index (χ2v) is 9.26. The summed E-state index contributed by atoms with van der Waals surface area (Å²) < 4.78 is 25.3. The first-order valence-electron chi connectivity index (χ1n) is 9.07. The van der Waals surface area contributed by atoms with Crippen LogP contribution in [0, 0.1) is 5.92 Å². The van der Waals surface area contributed by atoms with Crippen LogP contribution in [0.1, 0.15) is 19.3 Å². The molecule has 0 spiro atoms. The molecule has 2 aliphatic carbocycles. The average Bonchev–Trinajstić information content (AvgIpc) is 2.67. The standard InChI is InChI=1S/C21H23O4P/c22-16(14-24-17-8-2-1-3-9-17)15-26(23)21-13-7-5-11-19(21)18-10-4-6-12-20(18)25-26/h1-5,7-10,13,16,19,22H,6,11-12,14-15H2. The third-order valence-corrected chi connectivity index (χ3v) is 7.62. The lowest BCUT2D eigenvalue weighted by molar-refractivity contribution is 0.122. The van der Waals surface area contributed by atoms with Gasteiger partial charge >= 0.3 is 0 Å². The van der Waals surface area contributed by atoms with E-state index in [1.54, 1.807) is 0 Å². The Kier molecular flexibility index (Phi) is 4.88. The zero-order valence-corrected chi connectivity index (χ0v) is 15.5. The van der Waals surface area contributed by atoms with Crippen LogP contribution >= 0.6 is 7.37 Å². The maximum atomic E-state index is 13.7. The van der Waals surface area contributed by atoms with Gasteiger partial charge in [-0.1, -0.05) is 48.6 Å². The van der Waals surface area contributed by atoms with Crippen molar-refractivity contribution >= 4 is 7.37 Å². The fraction of sp³-hybridized carbons (Fsp3) is 0.333. The summed E-state index contributed by atoms with van der Waals surface area (Å²) in [6.45, 7) is 0.0942. The number of hydrogen-bond donors (Lipinski definition) is 1. The molecule has 1 aliphatic heterocycles. The van der Waals surface area contributed by atoms with Crippen LogP contribution in [0.4, 0.5) is 0 Å². The Balaban J connectivity index is 1.52. The van der Waals surface area contributed by atoms with E-state index in [0.29, 0.717) is 5.75 Å². The van der Waals surface area contributed by atoms with E-state index in [-0.39, 0.29) is 18.7 Å². The van der Waals surface area contributed by atoms with Crippen LogP contribution in [0.2, 0.25) is 0 Å². The Hall–Kier alpha value is -2.03. The molecule has 0 radical (unpaired) electrons. The number of ether oxygens (including phenoxy) is 1.